The van der Waals surface area contributed by atoms with Crippen LogP contribution in [0.3, 0.4) is 0 Å². The van der Waals surface area contributed by atoms with Crippen molar-refractivity contribution in [2.75, 3.05) is 13.7 Å². The fraction of sp³-hybridized carbons (Fsp3) is 0.348. The zero-order valence-corrected chi connectivity index (χ0v) is 21.7. The van der Waals surface area contributed by atoms with Crippen molar-refractivity contribution in [1.29, 1.82) is 0 Å². The van der Waals surface area contributed by atoms with Crippen LogP contribution in [0.2, 0.25) is 5.02 Å². The second-order valence-corrected chi connectivity index (χ2v) is 10.6. The van der Waals surface area contributed by atoms with Crippen LogP contribution >= 0.6 is 34.7 Å². The maximum Gasteiger partial charge on any atom is 0.145 e. The van der Waals surface area contributed by atoms with Gasteiger partial charge >= 0.3 is 0 Å². The predicted octanol–water partition coefficient (Wildman–Crippen LogP) is 3.25. The molecule has 0 saturated carbocycles. The zero-order valence-electron chi connectivity index (χ0n) is 19.3. The average Bonchev–Trinajstić information content (AvgIpc) is 3.54. The van der Waals surface area contributed by atoms with E-state index in [0.717, 1.165) is 15.6 Å². The molecular weight excluding hydrogens is 524 g/mol. The lowest BCUT2D eigenvalue weighted by Gasteiger charge is -2.43. The van der Waals surface area contributed by atoms with Gasteiger partial charge in [-0.2, -0.15) is 0 Å². The smallest absolute Gasteiger partial charge is 0.145 e. The molecule has 2 N–H and O–H groups in total. The highest BCUT2D eigenvalue weighted by molar-refractivity contribution is 8.00. The van der Waals surface area contributed by atoms with Gasteiger partial charge in [-0.05, 0) is 25.1 Å². The van der Waals surface area contributed by atoms with E-state index >= 15 is 0 Å². The molecule has 5 rings (SSSR count). The molecule has 2 unspecified atom stereocenters. The number of nitrogens with zero attached hydrogens (tertiary/aromatic N) is 6. The number of thioether (sulfide) groups is 1. The summed E-state index contributed by atoms with van der Waals surface area (Å²) >= 11 is 9.08. The Kier molecular flexibility index (Phi) is 7.62. The van der Waals surface area contributed by atoms with E-state index in [4.69, 9.17) is 21.1 Å². The van der Waals surface area contributed by atoms with Gasteiger partial charge in [-0.25, -0.2) is 9.67 Å². The summed E-state index contributed by atoms with van der Waals surface area (Å²) in [6, 6.07) is 6.66. The van der Waals surface area contributed by atoms with Crippen molar-refractivity contribution >= 4 is 34.7 Å². The lowest BCUT2D eigenvalue weighted by atomic mass is 9.97. The Balaban J connectivity index is 1.49. The molecule has 1 aliphatic heterocycles. The maximum atomic E-state index is 11.1. The summed E-state index contributed by atoms with van der Waals surface area (Å²) in [6.45, 7) is 1.52. The van der Waals surface area contributed by atoms with Crippen molar-refractivity contribution in [2.24, 2.45) is 0 Å². The molecule has 1 fully saturated rings. The summed E-state index contributed by atoms with van der Waals surface area (Å²) < 4.78 is 13.5. The fourth-order valence-electron chi connectivity index (χ4n) is 4.03. The highest BCUT2D eigenvalue weighted by atomic mass is 35.5. The summed E-state index contributed by atoms with van der Waals surface area (Å²) in [5.41, 5.74) is 2.15. The zero-order chi connectivity index (χ0) is 25.2. The number of aliphatic hydroxyl groups excluding tert-OH is 2. The summed E-state index contributed by atoms with van der Waals surface area (Å²) in [4.78, 5) is 14.1. The number of halogens is 1. The minimum atomic E-state index is -1.10. The summed E-state index contributed by atoms with van der Waals surface area (Å²) in [5.74, 6) is 0. The van der Waals surface area contributed by atoms with E-state index in [9.17, 15) is 10.2 Å². The number of aromatic nitrogens is 6. The molecule has 4 aromatic rings. The van der Waals surface area contributed by atoms with Crippen molar-refractivity contribution in [2.45, 2.75) is 41.6 Å². The van der Waals surface area contributed by atoms with Gasteiger partial charge in [-0.3, -0.25) is 9.97 Å². The molecule has 5 atom stereocenters. The van der Waals surface area contributed by atoms with E-state index in [2.05, 4.69) is 25.3 Å². The van der Waals surface area contributed by atoms with Crippen molar-refractivity contribution in [1.82, 2.24) is 29.9 Å². The summed E-state index contributed by atoms with van der Waals surface area (Å²) in [5, 5.41) is 32.7. The Morgan fingerprint density at radius 2 is 2.14 bits per heavy atom. The average molecular weight is 547 g/mol. The Morgan fingerprint density at radius 1 is 1.28 bits per heavy atom. The van der Waals surface area contributed by atoms with Crippen LogP contribution in [0.15, 0.2) is 53.1 Å². The van der Waals surface area contributed by atoms with E-state index in [-0.39, 0.29) is 6.61 Å². The molecule has 0 bridgehead atoms. The topological polar surface area (TPSA) is 128 Å². The first-order valence-corrected chi connectivity index (χ1v) is 13.2. The SMILES string of the molecule is COC1[C@@H](Sc2cc(Cl)cnc2-c2ccccn2)OC(CO)[C@H](O)[C@@H]1n1cc(-c2nc(C)cs2)nn1. The van der Waals surface area contributed by atoms with E-state index in [1.807, 2.05) is 30.5 Å². The highest BCUT2D eigenvalue weighted by Gasteiger charge is 2.47. The normalized spacial score (nSPS) is 24.2. The quantitative estimate of drug-likeness (QED) is 0.356. The summed E-state index contributed by atoms with van der Waals surface area (Å²) in [6.07, 6.45) is 2.34. The monoisotopic (exact) mass is 546 g/mol. The number of hydrogen-bond acceptors (Lipinski definition) is 11. The van der Waals surface area contributed by atoms with Gasteiger partial charge in [-0.15, -0.1) is 16.4 Å². The van der Waals surface area contributed by atoms with Gasteiger partial charge in [0.25, 0.3) is 0 Å². The molecule has 5 heterocycles. The predicted molar refractivity (Wildman–Crippen MR) is 136 cm³/mol. The van der Waals surface area contributed by atoms with Gasteiger partial charge in [0.2, 0.25) is 0 Å². The fourth-order valence-corrected chi connectivity index (χ4v) is 6.32. The molecule has 13 heteroatoms. The van der Waals surface area contributed by atoms with E-state index in [1.54, 1.807) is 36.4 Å². The largest absolute Gasteiger partial charge is 0.394 e. The van der Waals surface area contributed by atoms with Gasteiger partial charge in [-0.1, -0.05) is 34.6 Å². The van der Waals surface area contributed by atoms with Crippen LogP contribution in [-0.2, 0) is 9.47 Å². The van der Waals surface area contributed by atoms with Crippen LogP contribution in [0, 0.1) is 6.92 Å². The van der Waals surface area contributed by atoms with Crippen LogP contribution in [0.4, 0.5) is 0 Å². The minimum Gasteiger partial charge on any atom is -0.394 e. The van der Waals surface area contributed by atoms with Gasteiger partial charge in [0, 0.05) is 35.5 Å². The molecule has 4 aromatic heterocycles. The molecule has 0 radical (unpaired) electrons. The van der Waals surface area contributed by atoms with Crippen LogP contribution in [0.25, 0.3) is 22.1 Å². The number of pyridine rings is 2. The molecule has 0 aromatic carbocycles. The number of thiazole rings is 1. The Bertz CT molecular complexity index is 1320. The van der Waals surface area contributed by atoms with Crippen molar-refractivity contribution < 1.29 is 19.7 Å². The lowest BCUT2D eigenvalue weighted by Crippen LogP contribution is -2.55. The number of aryl methyl sites for hydroxylation is 1. The van der Waals surface area contributed by atoms with E-state index in [0.29, 0.717) is 22.1 Å². The second-order valence-electron chi connectivity index (χ2n) is 8.12. The highest BCUT2D eigenvalue weighted by Crippen LogP contribution is 2.42. The van der Waals surface area contributed by atoms with Crippen molar-refractivity contribution in [3.8, 4) is 22.1 Å². The standard InChI is InChI=1S/C23H23ClN6O4S2/c1-12-11-35-22(27-12)15-9-30(29-28-15)19-20(32)16(10-31)34-23(21(19)33-2)36-17-7-13(24)8-26-18(17)14-5-3-4-6-25-14/h3-9,11,16,19-21,23,31-32H,10H2,1-2H3/t16?,19-,20-,21?,23+/m0/s1. The number of hydrogen-bond donors (Lipinski definition) is 2. The molecule has 188 valence electrons. The van der Waals surface area contributed by atoms with Crippen LogP contribution in [0.1, 0.15) is 11.7 Å². The molecule has 1 aliphatic rings. The van der Waals surface area contributed by atoms with Crippen LogP contribution in [0.5, 0.6) is 0 Å². The Labute approximate surface area is 220 Å². The molecule has 36 heavy (non-hydrogen) atoms. The lowest BCUT2D eigenvalue weighted by molar-refractivity contribution is -0.186. The molecule has 1 saturated heterocycles. The number of rotatable bonds is 7. The van der Waals surface area contributed by atoms with Gasteiger partial charge in [0.05, 0.1) is 23.5 Å². The third-order valence-corrected chi connectivity index (χ3v) is 8.09. The van der Waals surface area contributed by atoms with E-state index < -0.39 is 29.8 Å². The van der Waals surface area contributed by atoms with Crippen molar-refractivity contribution in [3.63, 3.8) is 0 Å². The third-order valence-electron chi connectivity index (χ3n) is 5.72. The maximum absolute atomic E-state index is 11.1. The number of aliphatic hydroxyl groups is 2. The number of methoxy groups -OCH3 is 1. The molecule has 0 aliphatic carbocycles. The van der Waals surface area contributed by atoms with Gasteiger partial charge in [0.15, 0.2) is 0 Å². The van der Waals surface area contributed by atoms with Gasteiger partial charge in [0.1, 0.15) is 46.2 Å². The van der Waals surface area contributed by atoms with E-state index in [1.165, 1.54) is 23.1 Å². The molecule has 0 spiro atoms. The molecular formula is C23H23ClN6O4S2. The summed E-state index contributed by atoms with van der Waals surface area (Å²) in [7, 11) is 1.54. The first-order chi connectivity index (χ1) is 17.5. The Hall–Kier alpha value is -2.45. The number of ether oxygens (including phenoxy) is 2. The minimum absolute atomic E-state index is 0.390. The third kappa shape index (κ3) is 5.02. The van der Waals surface area contributed by atoms with Crippen LogP contribution < -0.4 is 0 Å². The first kappa shape index (κ1) is 25.2. The Morgan fingerprint density at radius 3 is 2.83 bits per heavy atom. The van der Waals surface area contributed by atoms with Crippen molar-refractivity contribution in [3.05, 3.63) is 59.0 Å². The molecule has 10 nitrogen and oxygen atoms in total. The first-order valence-electron chi connectivity index (χ1n) is 11.0. The van der Waals surface area contributed by atoms with Gasteiger partial charge < -0.3 is 19.7 Å². The molecule has 0 amide bonds. The second kappa shape index (κ2) is 10.9. The van der Waals surface area contributed by atoms with Crippen LogP contribution in [-0.4, -0.2) is 77.6 Å².